The lowest BCUT2D eigenvalue weighted by molar-refractivity contribution is -0.137. The standard InChI is InChI=1S/C18H24F4N2.ClH/c1-2-3-4-5-6-17(24-11-9-23-10-12-24)15-13-14(18(20,21)22)7-8-16(15)19;/h2,7-8,13,17,23H,1,3-6,9-12H2;1H/t17-;/m0./s1. The molecule has 0 aromatic heterocycles. The van der Waals surface area contributed by atoms with Gasteiger partial charge in [-0.25, -0.2) is 4.39 Å². The minimum Gasteiger partial charge on any atom is -0.314 e. The maximum Gasteiger partial charge on any atom is 0.416 e. The molecule has 1 aromatic carbocycles. The normalized spacial score (nSPS) is 17.0. The van der Waals surface area contributed by atoms with E-state index in [1.54, 1.807) is 0 Å². The van der Waals surface area contributed by atoms with Crippen LogP contribution in [-0.4, -0.2) is 31.1 Å². The highest BCUT2D eigenvalue weighted by molar-refractivity contribution is 5.85. The fourth-order valence-electron chi connectivity index (χ4n) is 3.13. The molecule has 0 bridgehead atoms. The van der Waals surface area contributed by atoms with Crippen LogP contribution in [0.2, 0.25) is 0 Å². The molecule has 0 amide bonds. The number of nitrogens with one attached hydrogen (secondary N) is 1. The van der Waals surface area contributed by atoms with Gasteiger partial charge in [0.25, 0.3) is 0 Å². The second-order valence-corrected chi connectivity index (χ2v) is 6.11. The van der Waals surface area contributed by atoms with Crippen molar-refractivity contribution in [2.24, 2.45) is 0 Å². The van der Waals surface area contributed by atoms with Crippen molar-refractivity contribution in [2.45, 2.75) is 37.9 Å². The van der Waals surface area contributed by atoms with Gasteiger partial charge >= 0.3 is 6.18 Å². The van der Waals surface area contributed by atoms with Gasteiger partial charge in [-0.15, -0.1) is 19.0 Å². The Morgan fingerprint density at radius 2 is 1.88 bits per heavy atom. The van der Waals surface area contributed by atoms with Crippen LogP contribution in [0.4, 0.5) is 17.6 Å². The second kappa shape index (κ2) is 10.1. The predicted molar refractivity (Wildman–Crippen MR) is 94.5 cm³/mol. The van der Waals surface area contributed by atoms with E-state index in [-0.39, 0.29) is 24.0 Å². The predicted octanol–water partition coefficient (Wildman–Crippen LogP) is 4.96. The number of unbranched alkanes of at least 4 members (excludes halogenated alkanes) is 2. The Balaban J connectivity index is 0.00000312. The highest BCUT2D eigenvalue weighted by Gasteiger charge is 2.33. The van der Waals surface area contributed by atoms with Crippen LogP contribution in [0, 0.1) is 5.82 Å². The van der Waals surface area contributed by atoms with Crippen LogP contribution in [0.3, 0.4) is 0 Å². The number of halogens is 5. The summed E-state index contributed by atoms with van der Waals surface area (Å²) in [6.07, 6.45) is 0.609. The van der Waals surface area contributed by atoms with Gasteiger partial charge in [0.15, 0.2) is 0 Å². The van der Waals surface area contributed by atoms with Crippen LogP contribution in [-0.2, 0) is 6.18 Å². The summed E-state index contributed by atoms with van der Waals surface area (Å²) >= 11 is 0. The van der Waals surface area contributed by atoms with Gasteiger partial charge in [0.2, 0.25) is 0 Å². The van der Waals surface area contributed by atoms with E-state index in [1.807, 2.05) is 6.08 Å². The molecule has 0 spiro atoms. The van der Waals surface area contributed by atoms with Crippen molar-refractivity contribution >= 4 is 12.4 Å². The Kier molecular flexibility index (Phi) is 8.89. The van der Waals surface area contributed by atoms with Gasteiger partial charge in [0.1, 0.15) is 5.82 Å². The third-order valence-corrected chi connectivity index (χ3v) is 4.41. The number of benzene rings is 1. The molecule has 0 saturated carbocycles. The molecule has 2 rings (SSSR count). The molecule has 1 N–H and O–H groups in total. The van der Waals surface area contributed by atoms with Gasteiger partial charge in [-0.1, -0.05) is 12.5 Å². The minimum absolute atomic E-state index is 0. The van der Waals surface area contributed by atoms with Crippen molar-refractivity contribution in [2.75, 3.05) is 26.2 Å². The molecular formula is C18H25ClF4N2. The first kappa shape index (κ1) is 21.9. The zero-order valence-corrected chi connectivity index (χ0v) is 14.9. The first-order valence-corrected chi connectivity index (χ1v) is 8.36. The Hall–Kier alpha value is -1.11. The lowest BCUT2D eigenvalue weighted by atomic mass is 9.95. The quantitative estimate of drug-likeness (QED) is 0.408. The topological polar surface area (TPSA) is 15.3 Å². The van der Waals surface area contributed by atoms with Crippen molar-refractivity contribution in [1.29, 1.82) is 0 Å². The number of hydrogen-bond acceptors (Lipinski definition) is 2. The Labute approximate surface area is 152 Å². The zero-order valence-electron chi connectivity index (χ0n) is 14.1. The lowest BCUT2D eigenvalue weighted by Crippen LogP contribution is -2.45. The van der Waals surface area contributed by atoms with Gasteiger partial charge in [0, 0.05) is 37.8 Å². The fourth-order valence-corrected chi connectivity index (χ4v) is 3.13. The molecular weight excluding hydrogens is 356 g/mol. The molecule has 0 aliphatic carbocycles. The van der Waals surface area contributed by atoms with Crippen LogP contribution < -0.4 is 5.32 Å². The van der Waals surface area contributed by atoms with E-state index in [4.69, 9.17) is 0 Å². The van der Waals surface area contributed by atoms with Crippen molar-refractivity contribution in [1.82, 2.24) is 10.2 Å². The molecule has 1 aromatic rings. The molecule has 7 heteroatoms. The number of alkyl halides is 3. The monoisotopic (exact) mass is 380 g/mol. The number of rotatable bonds is 7. The highest BCUT2D eigenvalue weighted by Crippen LogP contribution is 2.35. The summed E-state index contributed by atoms with van der Waals surface area (Å²) in [6, 6.07) is 2.41. The lowest BCUT2D eigenvalue weighted by Gasteiger charge is -2.35. The molecule has 142 valence electrons. The van der Waals surface area contributed by atoms with Crippen LogP contribution >= 0.6 is 12.4 Å². The average molecular weight is 381 g/mol. The second-order valence-electron chi connectivity index (χ2n) is 6.11. The molecule has 1 aliphatic heterocycles. The average Bonchev–Trinajstić information content (AvgIpc) is 2.56. The van der Waals surface area contributed by atoms with Crippen LogP contribution in [0.1, 0.15) is 42.9 Å². The van der Waals surface area contributed by atoms with Crippen LogP contribution in [0.15, 0.2) is 30.9 Å². The van der Waals surface area contributed by atoms with Crippen LogP contribution in [0.5, 0.6) is 0 Å². The number of hydrogen-bond donors (Lipinski definition) is 1. The van der Waals surface area contributed by atoms with Gasteiger partial charge in [-0.2, -0.15) is 13.2 Å². The van der Waals surface area contributed by atoms with E-state index in [0.29, 0.717) is 19.5 Å². The summed E-state index contributed by atoms with van der Waals surface area (Å²) in [7, 11) is 0. The molecule has 1 aliphatic rings. The first-order chi connectivity index (χ1) is 11.4. The maximum absolute atomic E-state index is 14.3. The van der Waals surface area contributed by atoms with E-state index in [1.165, 1.54) is 0 Å². The Morgan fingerprint density at radius 1 is 1.20 bits per heavy atom. The van der Waals surface area contributed by atoms with E-state index in [0.717, 1.165) is 50.6 Å². The van der Waals surface area contributed by atoms with Crippen molar-refractivity contribution in [3.8, 4) is 0 Å². The summed E-state index contributed by atoms with van der Waals surface area (Å²) in [5.41, 5.74) is -0.629. The first-order valence-electron chi connectivity index (χ1n) is 8.36. The van der Waals surface area contributed by atoms with E-state index in [9.17, 15) is 17.6 Å². The molecule has 25 heavy (non-hydrogen) atoms. The highest BCUT2D eigenvalue weighted by atomic mass is 35.5. The summed E-state index contributed by atoms with van der Waals surface area (Å²) in [4.78, 5) is 2.09. The summed E-state index contributed by atoms with van der Waals surface area (Å²) in [5, 5.41) is 3.22. The SMILES string of the molecule is C=CCCCC[C@@H](c1cc(C(F)(F)F)ccc1F)N1CCNCC1.Cl. The number of nitrogens with zero attached hydrogens (tertiary/aromatic N) is 1. The Morgan fingerprint density at radius 3 is 2.48 bits per heavy atom. The van der Waals surface area contributed by atoms with E-state index >= 15 is 0 Å². The van der Waals surface area contributed by atoms with Crippen molar-refractivity contribution in [3.63, 3.8) is 0 Å². The summed E-state index contributed by atoms with van der Waals surface area (Å²) in [5.74, 6) is -0.560. The molecule has 0 radical (unpaired) electrons. The summed E-state index contributed by atoms with van der Waals surface area (Å²) in [6.45, 7) is 6.63. The number of allylic oxidation sites excluding steroid dienone is 1. The van der Waals surface area contributed by atoms with Gasteiger partial charge in [0.05, 0.1) is 5.56 Å². The van der Waals surface area contributed by atoms with E-state index < -0.39 is 17.6 Å². The molecule has 1 saturated heterocycles. The smallest absolute Gasteiger partial charge is 0.314 e. The molecule has 0 unspecified atom stereocenters. The van der Waals surface area contributed by atoms with Crippen molar-refractivity contribution in [3.05, 3.63) is 47.8 Å². The fraction of sp³-hybridized carbons (Fsp3) is 0.556. The molecule has 1 heterocycles. The largest absolute Gasteiger partial charge is 0.416 e. The number of piperazine rings is 1. The minimum atomic E-state index is -4.46. The molecule has 2 nitrogen and oxygen atoms in total. The third-order valence-electron chi connectivity index (χ3n) is 4.41. The molecule has 1 atom stereocenters. The summed E-state index contributed by atoms with van der Waals surface area (Å²) < 4.78 is 53.3. The third kappa shape index (κ3) is 6.28. The molecule has 1 fully saturated rings. The van der Waals surface area contributed by atoms with E-state index in [2.05, 4.69) is 16.8 Å². The maximum atomic E-state index is 14.3. The van der Waals surface area contributed by atoms with Gasteiger partial charge < -0.3 is 5.32 Å². The Bertz CT molecular complexity index is 542. The van der Waals surface area contributed by atoms with Crippen LogP contribution in [0.25, 0.3) is 0 Å². The van der Waals surface area contributed by atoms with Gasteiger partial charge in [-0.3, -0.25) is 4.90 Å². The van der Waals surface area contributed by atoms with Gasteiger partial charge in [-0.05, 0) is 37.5 Å². The zero-order chi connectivity index (χ0) is 17.6. The van der Waals surface area contributed by atoms with Crippen molar-refractivity contribution < 1.29 is 17.6 Å².